The number of halogens is 2. The zero-order valence-electron chi connectivity index (χ0n) is 6.96. The fourth-order valence-electron chi connectivity index (χ4n) is 0.985. The van der Waals surface area contributed by atoms with Crippen LogP contribution in [-0.4, -0.2) is 22.4 Å². The van der Waals surface area contributed by atoms with Crippen LogP contribution in [0, 0.1) is 5.82 Å². The number of hydrogen-bond acceptors (Lipinski definition) is 3. The van der Waals surface area contributed by atoms with Crippen molar-refractivity contribution in [1.29, 1.82) is 0 Å². The summed E-state index contributed by atoms with van der Waals surface area (Å²) in [6.07, 6.45) is 0. The highest BCUT2D eigenvalue weighted by Gasteiger charge is 2.08. The first-order valence-corrected chi connectivity index (χ1v) is 4.37. The maximum Gasteiger partial charge on any atom is 0.178 e. The van der Waals surface area contributed by atoms with Gasteiger partial charge in [0.1, 0.15) is 0 Å². The van der Waals surface area contributed by atoms with Crippen molar-refractivity contribution < 1.29 is 14.7 Å². The third kappa shape index (κ3) is 2.65. The molecule has 0 fully saturated rings. The van der Waals surface area contributed by atoms with Gasteiger partial charge in [-0.1, -0.05) is 0 Å². The SMILES string of the molecule is CN(O)Cc1cc(O)c(F)c(Br)c1. The van der Waals surface area contributed by atoms with Crippen LogP contribution in [0.5, 0.6) is 5.75 Å². The molecule has 2 N–H and O–H groups in total. The number of benzene rings is 1. The smallest absolute Gasteiger partial charge is 0.178 e. The van der Waals surface area contributed by atoms with Gasteiger partial charge in [-0.3, -0.25) is 0 Å². The molecule has 72 valence electrons. The molecule has 0 radical (unpaired) electrons. The van der Waals surface area contributed by atoms with E-state index in [-0.39, 0.29) is 11.0 Å². The molecule has 0 aromatic heterocycles. The van der Waals surface area contributed by atoms with E-state index >= 15 is 0 Å². The molecular weight excluding hydrogens is 241 g/mol. The van der Waals surface area contributed by atoms with Crippen molar-refractivity contribution in [3.63, 3.8) is 0 Å². The molecule has 0 aliphatic heterocycles. The minimum Gasteiger partial charge on any atom is -0.505 e. The molecule has 0 atom stereocenters. The molecule has 5 heteroatoms. The average Bonchev–Trinajstić information content (AvgIpc) is 1.98. The first kappa shape index (κ1) is 10.4. The lowest BCUT2D eigenvalue weighted by Gasteiger charge is -2.09. The third-order valence-corrected chi connectivity index (χ3v) is 2.06. The predicted octanol–water partition coefficient (Wildman–Crippen LogP) is 2.11. The largest absolute Gasteiger partial charge is 0.505 e. The van der Waals surface area contributed by atoms with E-state index in [1.807, 2.05) is 0 Å². The quantitative estimate of drug-likeness (QED) is 0.790. The fourth-order valence-corrected chi connectivity index (χ4v) is 1.48. The minimum atomic E-state index is -0.690. The van der Waals surface area contributed by atoms with Crippen LogP contribution in [0.3, 0.4) is 0 Å². The Kier molecular flexibility index (Phi) is 3.24. The van der Waals surface area contributed by atoms with Crippen molar-refractivity contribution in [2.24, 2.45) is 0 Å². The van der Waals surface area contributed by atoms with Crippen molar-refractivity contribution in [2.45, 2.75) is 6.54 Å². The van der Waals surface area contributed by atoms with Crippen molar-refractivity contribution in [2.75, 3.05) is 7.05 Å². The lowest BCUT2D eigenvalue weighted by Crippen LogP contribution is -2.11. The van der Waals surface area contributed by atoms with Crippen molar-refractivity contribution >= 4 is 15.9 Å². The molecule has 0 unspecified atom stereocenters. The Morgan fingerprint density at radius 3 is 2.62 bits per heavy atom. The van der Waals surface area contributed by atoms with Gasteiger partial charge in [-0.15, -0.1) is 0 Å². The molecule has 0 spiro atoms. The molecule has 0 saturated carbocycles. The number of phenols is 1. The highest BCUT2D eigenvalue weighted by atomic mass is 79.9. The van der Waals surface area contributed by atoms with Gasteiger partial charge in [-0.25, -0.2) is 4.39 Å². The second-order valence-corrected chi connectivity index (χ2v) is 3.58. The molecule has 0 aliphatic rings. The summed E-state index contributed by atoms with van der Waals surface area (Å²) in [5, 5.41) is 18.9. The topological polar surface area (TPSA) is 43.7 Å². The zero-order chi connectivity index (χ0) is 10.0. The molecule has 0 saturated heterocycles. The maximum absolute atomic E-state index is 12.9. The van der Waals surface area contributed by atoms with Gasteiger partial charge in [-0.2, -0.15) is 5.06 Å². The van der Waals surface area contributed by atoms with E-state index in [1.165, 1.54) is 19.2 Å². The molecule has 13 heavy (non-hydrogen) atoms. The summed E-state index contributed by atoms with van der Waals surface area (Å²) in [6, 6.07) is 2.77. The van der Waals surface area contributed by atoms with Crippen molar-refractivity contribution in [1.82, 2.24) is 5.06 Å². The third-order valence-electron chi connectivity index (χ3n) is 1.48. The molecule has 1 aromatic carbocycles. The highest BCUT2D eigenvalue weighted by molar-refractivity contribution is 9.10. The second kappa shape index (κ2) is 4.04. The van der Waals surface area contributed by atoms with Gasteiger partial charge in [0.15, 0.2) is 11.6 Å². The molecule has 0 bridgehead atoms. The van der Waals surface area contributed by atoms with Gasteiger partial charge in [-0.05, 0) is 33.6 Å². The average molecular weight is 250 g/mol. The van der Waals surface area contributed by atoms with E-state index in [0.29, 0.717) is 5.56 Å². The number of aromatic hydroxyl groups is 1. The molecule has 0 heterocycles. The summed E-state index contributed by atoms with van der Waals surface area (Å²) in [5.74, 6) is -1.12. The standard InChI is InChI=1S/C8H9BrFNO2/c1-11(13)4-5-2-6(9)8(10)7(12)3-5/h2-3,12-13H,4H2,1H3. The molecule has 3 nitrogen and oxygen atoms in total. The van der Waals surface area contributed by atoms with Crippen LogP contribution in [0.1, 0.15) is 5.56 Å². The van der Waals surface area contributed by atoms with E-state index in [1.54, 1.807) is 0 Å². The monoisotopic (exact) mass is 249 g/mol. The number of hydroxylamine groups is 2. The summed E-state index contributed by atoms with van der Waals surface area (Å²) in [7, 11) is 1.47. The summed E-state index contributed by atoms with van der Waals surface area (Å²) in [6.45, 7) is 0.229. The van der Waals surface area contributed by atoms with Gasteiger partial charge < -0.3 is 10.3 Å². The van der Waals surface area contributed by atoms with Crippen molar-refractivity contribution in [3.8, 4) is 5.75 Å². The summed E-state index contributed by atoms with van der Waals surface area (Å²) in [4.78, 5) is 0. The molecule has 0 amide bonds. The fraction of sp³-hybridized carbons (Fsp3) is 0.250. The Labute approximate surface area is 83.5 Å². The minimum absolute atomic E-state index is 0.185. The molecule has 1 rings (SSSR count). The van der Waals surface area contributed by atoms with E-state index in [0.717, 1.165) is 5.06 Å². The van der Waals surface area contributed by atoms with Gasteiger partial charge >= 0.3 is 0 Å². The number of phenolic OH excluding ortho intramolecular Hbond substituents is 1. The number of rotatable bonds is 2. The Hall–Kier alpha value is -0.650. The van der Waals surface area contributed by atoms with Crippen LogP contribution in [0.2, 0.25) is 0 Å². The maximum atomic E-state index is 12.9. The summed E-state index contributed by atoms with van der Waals surface area (Å²) < 4.78 is 13.1. The van der Waals surface area contributed by atoms with Crippen LogP contribution in [-0.2, 0) is 6.54 Å². The van der Waals surface area contributed by atoms with Crippen LogP contribution in [0.15, 0.2) is 16.6 Å². The van der Waals surface area contributed by atoms with Gasteiger partial charge in [0, 0.05) is 13.6 Å². The van der Waals surface area contributed by atoms with Crippen LogP contribution in [0.4, 0.5) is 4.39 Å². The summed E-state index contributed by atoms with van der Waals surface area (Å²) in [5.41, 5.74) is 0.621. The van der Waals surface area contributed by atoms with E-state index in [9.17, 15) is 4.39 Å². The predicted molar refractivity (Wildman–Crippen MR) is 49.0 cm³/mol. The Morgan fingerprint density at radius 2 is 2.15 bits per heavy atom. The van der Waals surface area contributed by atoms with Gasteiger partial charge in [0.05, 0.1) is 4.47 Å². The summed E-state index contributed by atoms with van der Waals surface area (Å²) >= 11 is 2.95. The van der Waals surface area contributed by atoms with Crippen LogP contribution in [0.25, 0.3) is 0 Å². The lowest BCUT2D eigenvalue weighted by molar-refractivity contribution is -0.0732. The highest BCUT2D eigenvalue weighted by Crippen LogP contribution is 2.26. The van der Waals surface area contributed by atoms with E-state index in [4.69, 9.17) is 10.3 Å². The zero-order valence-corrected chi connectivity index (χ0v) is 8.55. The van der Waals surface area contributed by atoms with Crippen LogP contribution < -0.4 is 0 Å². The lowest BCUT2D eigenvalue weighted by atomic mass is 10.2. The second-order valence-electron chi connectivity index (χ2n) is 2.73. The first-order valence-electron chi connectivity index (χ1n) is 3.57. The molecule has 1 aromatic rings. The van der Waals surface area contributed by atoms with Crippen LogP contribution >= 0.6 is 15.9 Å². The number of nitrogens with zero attached hydrogens (tertiary/aromatic N) is 1. The van der Waals surface area contributed by atoms with E-state index < -0.39 is 11.6 Å². The van der Waals surface area contributed by atoms with E-state index in [2.05, 4.69) is 15.9 Å². The normalized spacial score (nSPS) is 10.8. The molecule has 0 aliphatic carbocycles. The molecular formula is C8H9BrFNO2. The number of hydrogen-bond donors (Lipinski definition) is 2. The van der Waals surface area contributed by atoms with Gasteiger partial charge in [0.25, 0.3) is 0 Å². The van der Waals surface area contributed by atoms with Gasteiger partial charge in [0.2, 0.25) is 0 Å². The Bertz CT molecular complexity index is 294. The Morgan fingerprint density at radius 1 is 1.54 bits per heavy atom. The Balaban J connectivity index is 2.99. The first-order chi connectivity index (χ1) is 6.00. The van der Waals surface area contributed by atoms with Crippen molar-refractivity contribution in [3.05, 3.63) is 28.0 Å².